The molecule has 6 nitrogen and oxygen atoms in total. The van der Waals surface area contributed by atoms with Gasteiger partial charge in [-0.15, -0.1) is 11.3 Å². The van der Waals surface area contributed by atoms with E-state index in [1.807, 2.05) is 6.92 Å². The van der Waals surface area contributed by atoms with Gasteiger partial charge in [0.15, 0.2) is 0 Å². The van der Waals surface area contributed by atoms with Crippen molar-refractivity contribution in [2.45, 2.75) is 32.8 Å². The molecule has 0 aliphatic carbocycles. The molecule has 0 radical (unpaired) electrons. The lowest BCUT2D eigenvalue weighted by Gasteiger charge is -2.21. The van der Waals surface area contributed by atoms with Gasteiger partial charge >= 0.3 is 0 Å². The van der Waals surface area contributed by atoms with Crippen molar-refractivity contribution in [2.75, 3.05) is 30.3 Å². The molecule has 0 aliphatic rings. The average molecular weight is 310 g/mol. The SMILES string of the molecule is CCNc1nc(NCC(C)(O)CO)c2cc(CC)sc2n1. The van der Waals surface area contributed by atoms with Gasteiger partial charge in [-0.1, -0.05) is 6.92 Å². The van der Waals surface area contributed by atoms with Crippen LogP contribution in [0.15, 0.2) is 6.07 Å². The summed E-state index contributed by atoms with van der Waals surface area (Å²) in [5, 5.41) is 26.2. The number of thiophene rings is 1. The van der Waals surface area contributed by atoms with E-state index in [2.05, 4.69) is 33.6 Å². The highest BCUT2D eigenvalue weighted by atomic mass is 32.1. The average Bonchev–Trinajstić information content (AvgIpc) is 2.88. The summed E-state index contributed by atoms with van der Waals surface area (Å²) in [6.45, 7) is 6.33. The zero-order chi connectivity index (χ0) is 15.5. The fourth-order valence-electron chi connectivity index (χ4n) is 1.85. The first-order chi connectivity index (χ1) is 9.99. The van der Waals surface area contributed by atoms with Crippen molar-refractivity contribution in [2.24, 2.45) is 0 Å². The molecule has 2 aromatic heterocycles. The molecule has 0 bridgehead atoms. The Kier molecular flexibility index (Phi) is 4.97. The Hall–Kier alpha value is -1.44. The topological polar surface area (TPSA) is 90.3 Å². The Balaban J connectivity index is 2.36. The Morgan fingerprint density at radius 1 is 1.29 bits per heavy atom. The second-order valence-corrected chi connectivity index (χ2v) is 6.34. The van der Waals surface area contributed by atoms with Crippen LogP contribution in [0, 0.1) is 0 Å². The highest BCUT2D eigenvalue weighted by Gasteiger charge is 2.20. The Labute approximate surface area is 128 Å². The number of fused-ring (bicyclic) bond motifs is 1. The van der Waals surface area contributed by atoms with Gasteiger partial charge < -0.3 is 20.8 Å². The molecule has 4 N–H and O–H groups in total. The summed E-state index contributed by atoms with van der Waals surface area (Å²) in [6, 6.07) is 2.08. The maximum absolute atomic E-state index is 9.91. The number of nitrogens with zero attached hydrogens (tertiary/aromatic N) is 2. The smallest absolute Gasteiger partial charge is 0.226 e. The predicted octanol–water partition coefficient (Wildman–Crippen LogP) is 1.84. The van der Waals surface area contributed by atoms with Crippen LogP contribution in [-0.2, 0) is 6.42 Å². The van der Waals surface area contributed by atoms with Gasteiger partial charge in [-0.3, -0.25) is 0 Å². The minimum absolute atomic E-state index is 0.221. The van der Waals surface area contributed by atoms with E-state index in [4.69, 9.17) is 5.11 Å². The number of aryl methyl sites for hydroxylation is 1. The third kappa shape index (κ3) is 3.81. The molecule has 116 valence electrons. The normalized spacial score (nSPS) is 14.1. The van der Waals surface area contributed by atoms with Gasteiger partial charge in [0.05, 0.1) is 12.0 Å². The van der Waals surface area contributed by atoms with Gasteiger partial charge in [0, 0.05) is 18.0 Å². The first-order valence-electron chi connectivity index (χ1n) is 7.10. The van der Waals surface area contributed by atoms with Gasteiger partial charge in [0.2, 0.25) is 5.95 Å². The molecular formula is C14H22N4O2S. The first-order valence-corrected chi connectivity index (χ1v) is 7.92. The van der Waals surface area contributed by atoms with Crippen LogP contribution in [-0.4, -0.2) is 45.5 Å². The third-order valence-electron chi connectivity index (χ3n) is 3.10. The molecule has 2 rings (SSSR count). The van der Waals surface area contributed by atoms with Gasteiger partial charge in [-0.05, 0) is 26.3 Å². The van der Waals surface area contributed by atoms with E-state index in [-0.39, 0.29) is 13.2 Å². The first kappa shape index (κ1) is 15.9. The Bertz CT molecular complexity index is 612. The lowest BCUT2D eigenvalue weighted by Crippen LogP contribution is -2.37. The summed E-state index contributed by atoms with van der Waals surface area (Å²) in [7, 11) is 0. The number of nitrogens with one attached hydrogen (secondary N) is 2. The van der Waals surface area contributed by atoms with Crippen LogP contribution in [0.2, 0.25) is 0 Å². The lowest BCUT2D eigenvalue weighted by atomic mass is 10.1. The van der Waals surface area contributed by atoms with E-state index in [9.17, 15) is 5.11 Å². The third-order valence-corrected chi connectivity index (χ3v) is 4.28. The van der Waals surface area contributed by atoms with E-state index in [0.717, 1.165) is 23.2 Å². The molecule has 0 saturated heterocycles. The van der Waals surface area contributed by atoms with Crippen LogP contribution in [0.3, 0.4) is 0 Å². The number of aliphatic hydroxyl groups excluding tert-OH is 1. The summed E-state index contributed by atoms with van der Waals surface area (Å²) in [5.41, 5.74) is -1.18. The highest BCUT2D eigenvalue weighted by Crippen LogP contribution is 2.30. The molecular weight excluding hydrogens is 288 g/mol. The molecule has 7 heteroatoms. The van der Waals surface area contributed by atoms with Crippen molar-refractivity contribution in [3.05, 3.63) is 10.9 Å². The van der Waals surface area contributed by atoms with Crippen LogP contribution < -0.4 is 10.6 Å². The molecule has 1 atom stereocenters. The quantitative estimate of drug-likeness (QED) is 0.624. The van der Waals surface area contributed by atoms with Crippen LogP contribution in [0.25, 0.3) is 10.2 Å². The molecule has 1 unspecified atom stereocenters. The molecule has 0 aromatic carbocycles. The molecule has 2 heterocycles. The van der Waals surface area contributed by atoms with Crippen LogP contribution in [0.4, 0.5) is 11.8 Å². The van der Waals surface area contributed by atoms with Gasteiger partial charge in [0.25, 0.3) is 0 Å². The van der Waals surface area contributed by atoms with Crippen molar-refractivity contribution in [1.82, 2.24) is 9.97 Å². The summed E-state index contributed by atoms with van der Waals surface area (Å²) >= 11 is 1.65. The Morgan fingerprint density at radius 3 is 2.67 bits per heavy atom. The van der Waals surface area contributed by atoms with Crippen LogP contribution in [0.5, 0.6) is 0 Å². The van der Waals surface area contributed by atoms with E-state index in [1.54, 1.807) is 18.3 Å². The predicted molar refractivity (Wildman–Crippen MR) is 87.2 cm³/mol. The van der Waals surface area contributed by atoms with Crippen molar-refractivity contribution < 1.29 is 10.2 Å². The van der Waals surface area contributed by atoms with Crippen molar-refractivity contribution in [3.8, 4) is 0 Å². The zero-order valence-electron chi connectivity index (χ0n) is 12.6. The summed E-state index contributed by atoms with van der Waals surface area (Å²) in [5.74, 6) is 1.25. The number of aromatic nitrogens is 2. The minimum Gasteiger partial charge on any atom is -0.393 e. The monoisotopic (exact) mass is 310 g/mol. The van der Waals surface area contributed by atoms with Crippen molar-refractivity contribution in [1.29, 1.82) is 0 Å². The Morgan fingerprint density at radius 2 is 2.05 bits per heavy atom. The summed E-state index contributed by atoms with van der Waals surface area (Å²) in [4.78, 5) is 11.1. The fourth-order valence-corrected chi connectivity index (χ4v) is 2.81. The second-order valence-electron chi connectivity index (χ2n) is 5.22. The molecule has 0 fully saturated rings. The van der Waals surface area contributed by atoms with Gasteiger partial charge in [0.1, 0.15) is 16.2 Å². The number of aliphatic hydroxyl groups is 2. The van der Waals surface area contributed by atoms with Crippen LogP contribution >= 0.6 is 11.3 Å². The largest absolute Gasteiger partial charge is 0.393 e. The molecule has 0 aliphatic heterocycles. The highest BCUT2D eigenvalue weighted by molar-refractivity contribution is 7.18. The van der Waals surface area contributed by atoms with E-state index in [1.165, 1.54) is 4.88 Å². The standard InChI is InChI=1S/C14H22N4O2S/c1-4-9-6-10-11(16-7-14(3,20)8-19)17-13(15-5-2)18-12(10)21-9/h6,19-20H,4-5,7-8H2,1-3H3,(H2,15,16,17,18). The molecule has 0 amide bonds. The molecule has 0 saturated carbocycles. The number of rotatable bonds is 7. The van der Waals surface area contributed by atoms with E-state index >= 15 is 0 Å². The molecule has 2 aromatic rings. The molecule has 0 spiro atoms. The zero-order valence-corrected chi connectivity index (χ0v) is 13.4. The van der Waals surface area contributed by atoms with E-state index in [0.29, 0.717) is 11.8 Å². The minimum atomic E-state index is -1.18. The maximum Gasteiger partial charge on any atom is 0.226 e. The number of hydrogen-bond donors (Lipinski definition) is 4. The fraction of sp³-hybridized carbons (Fsp3) is 0.571. The number of hydrogen-bond acceptors (Lipinski definition) is 7. The maximum atomic E-state index is 9.91. The van der Waals surface area contributed by atoms with E-state index < -0.39 is 5.60 Å². The second kappa shape index (κ2) is 6.55. The summed E-state index contributed by atoms with van der Waals surface area (Å²) in [6.07, 6.45) is 0.950. The lowest BCUT2D eigenvalue weighted by molar-refractivity contribution is 0.0132. The van der Waals surface area contributed by atoms with Crippen LogP contribution in [0.1, 0.15) is 25.6 Å². The summed E-state index contributed by atoms with van der Waals surface area (Å²) < 4.78 is 0. The van der Waals surface area contributed by atoms with Gasteiger partial charge in [-0.2, -0.15) is 4.98 Å². The van der Waals surface area contributed by atoms with Crippen molar-refractivity contribution >= 4 is 33.3 Å². The molecule has 21 heavy (non-hydrogen) atoms. The van der Waals surface area contributed by atoms with Crippen molar-refractivity contribution in [3.63, 3.8) is 0 Å². The number of anilines is 2. The van der Waals surface area contributed by atoms with Gasteiger partial charge in [-0.25, -0.2) is 4.98 Å².